The Balaban J connectivity index is 4.11. The van der Waals surface area contributed by atoms with Gasteiger partial charge in [-0.05, 0) is 70.6 Å². The van der Waals surface area contributed by atoms with Crippen molar-refractivity contribution in [3.05, 3.63) is 85.1 Å². The molecule has 57 heavy (non-hydrogen) atoms. The maximum atomic E-state index is 12.4. The van der Waals surface area contributed by atoms with Crippen LogP contribution < -0.4 is 0 Å². The summed E-state index contributed by atoms with van der Waals surface area (Å²) in [6, 6.07) is 0. The van der Waals surface area contributed by atoms with Crippen LogP contribution in [0, 0.1) is 0 Å². The van der Waals surface area contributed by atoms with Gasteiger partial charge in [-0.3, -0.25) is 14.1 Å². The lowest BCUT2D eigenvalue weighted by atomic mass is 10.1. The molecule has 3 N–H and O–H groups in total. The van der Waals surface area contributed by atoms with Crippen LogP contribution in [-0.4, -0.2) is 52.3 Å². The topological polar surface area (TPSA) is 140 Å². The highest BCUT2D eigenvalue weighted by Gasteiger charge is 2.22. The number of phosphoric acid groups is 1. The van der Waals surface area contributed by atoms with Crippen LogP contribution in [0.4, 0.5) is 0 Å². The maximum absolute atomic E-state index is 12.4. The van der Waals surface area contributed by atoms with Gasteiger partial charge in [0.25, 0.3) is 0 Å². The summed E-state index contributed by atoms with van der Waals surface area (Å²) in [6.45, 7) is 3.41. The Kier molecular flexibility index (Phi) is 39.3. The van der Waals surface area contributed by atoms with E-state index in [9.17, 15) is 19.3 Å². The van der Waals surface area contributed by atoms with Crippen molar-refractivity contribution >= 4 is 19.8 Å². The number of phosphoric ester groups is 1. The Labute approximate surface area is 346 Å². The second-order valence-corrected chi connectivity index (χ2v) is 15.7. The van der Waals surface area contributed by atoms with E-state index in [-0.39, 0.29) is 19.4 Å². The van der Waals surface area contributed by atoms with Crippen LogP contribution in [0.25, 0.3) is 0 Å². The molecule has 0 rings (SSSR count). The number of aliphatic hydroxyl groups is 1. The summed E-state index contributed by atoms with van der Waals surface area (Å²) in [6.07, 6.45) is 51.9. The number of unbranched alkanes of at least 4 members (excludes halogenated alkanes) is 15. The molecule has 0 aromatic heterocycles. The largest absolute Gasteiger partial charge is 0.469 e. The highest BCUT2D eigenvalue weighted by molar-refractivity contribution is 7.46. The van der Waals surface area contributed by atoms with E-state index in [4.69, 9.17) is 19.3 Å². The molecule has 9 nitrogen and oxygen atoms in total. The van der Waals surface area contributed by atoms with Gasteiger partial charge in [0.2, 0.25) is 0 Å². The second kappa shape index (κ2) is 41.4. The number of hydrogen-bond donors (Lipinski definition) is 3. The van der Waals surface area contributed by atoms with Crippen LogP contribution in [0.1, 0.15) is 174 Å². The predicted octanol–water partition coefficient (Wildman–Crippen LogP) is 12.6. The molecular weight excluding hydrogens is 739 g/mol. The Morgan fingerprint density at radius 2 is 1.09 bits per heavy atom. The summed E-state index contributed by atoms with van der Waals surface area (Å²) < 4.78 is 26.3. The molecule has 0 aromatic carbocycles. The minimum atomic E-state index is -4.80. The quantitative estimate of drug-likeness (QED) is 0.0182. The molecule has 0 spiro atoms. The van der Waals surface area contributed by atoms with Crippen LogP contribution in [-0.2, 0) is 28.2 Å². The first kappa shape index (κ1) is 54.2. The molecule has 0 fully saturated rings. The Bertz CT molecular complexity index is 1210. The lowest BCUT2D eigenvalue weighted by Crippen LogP contribution is -2.29. The number of hydrogen-bond acceptors (Lipinski definition) is 7. The molecule has 0 bridgehead atoms. The highest BCUT2D eigenvalue weighted by Crippen LogP contribution is 2.36. The van der Waals surface area contributed by atoms with Crippen LogP contribution in [0.2, 0.25) is 0 Å². The third-order valence-electron chi connectivity index (χ3n) is 8.99. The Morgan fingerprint density at radius 1 is 0.561 bits per heavy atom. The summed E-state index contributed by atoms with van der Waals surface area (Å²) in [5.74, 6) is -1.07. The molecule has 0 heterocycles. The van der Waals surface area contributed by atoms with Crippen molar-refractivity contribution in [3.63, 3.8) is 0 Å². The molecular formula is C47H79O9P. The molecule has 10 heteroatoms. The van der Waals surface area contributed by atoms with Gasteiger partial charge in [0.1, 0.15) is 6.61 Å². The molecule has 0 saturated heterocycles. The van der Waals surface area contributed by atoms with Gasteiger partial charge in [-0.25, -0.2) is 4.57 Å². The number of esters is 2. The van der Waals surface area contributed by atoms with Crippen LogP contribution in [0.3, 0.4) is 0 Å². The first-order chi connectivity index (χ1) is 27.7. The minimum Gasteiger partial charge on any atom is -0.462 e. The van der Waals surface area contributed by atoms with E-state index in [1.54, 1.807) is 18.2 Å². The van der Waals surface area contributed by atoms with E-state index < -0.39 is 38.6 Å². The van der Waals surface area contributed by atoms with Gasteiger partial charge in [0.15, 0.2) is 6.10 Å². The van der Waals surface area contributed by atoms with Gasteiger partial charge in [-0.1, -0.05) is 176 Å². The van der Waals surface area contributed by atoms with Crippen molar-refractivity contribution in [3.8, 4) is 0 Å². The third-order valence-corrected chi connectivity index (χ3v) is 9.48. The molecule has 0 amide bonds. The van der Waals surface area contributed by atoms with E-state index in [2.05, 4.69) is 67.0 Å². The number of aliphatic hydroxyl groups excluding tert-OH is 1. The zero-order valence-corrected chi connectivity index (χ0v) is 36.5. The van der Waals surface area contributed by atoms with Crippen molar-refractivity contribution in [1.82, 2.24) is 0 Å². The smallest absolute Gasteiger partial charge is 0.462 e. The Hall–Kier alpha value is -2.81. The third kappa shape index (κ3) is 44.1. The monoisotopic (exact) mass is 819 g/mol. The molecule has 326 valence electrons. The SMILES string of the molecule is CC/C=C\C/C=C\C/C=C\C/C=C\C=C/C(O)C/C=C\CCC(=O)OC[C@H](COP(=O)(O)O)OC(=O)CCCCCCCCCCC/C=C\CCCCCCCC. The maximum Gasteiger partial charge on any atom is 0.469 e. The summed E-state index contributed by atoms with van der Waals surface area (Å²) >= 11 is 0. The molecule has 0 radical (unpaired) electrons. The number of allylic oxidation sites excluding steroid dienone is 12. The molecule has 1 unspecified atom stereocenters. The minimum absolute atomic E-state index is 0.0567. The zero-order chi connectivity index (χ0) is 41.9. The molecule has 2 atom stereocenters. The van der Waals surface area contributed by atoms with Crippen molar-refractivity contribution < 1.29 is 43.0 Å². The lowest BCUT2D eigenvalue weighted by molar-refractivity contribution is -0.161. The van der Waals surface area contributed by atoms with Gasteiger partial charge in [0, 0.05) is 12.8 Å². The molecule has 0 aromatic rings. The lowest BCUT2D eigenvalue weighted by Gasteiger charge is -2.18. The van der Waals surface area contributed by atoms with E-state index in [0.717, 1.165) is 44.9 Å². The fourth-order valence-electron chi connectivity index (χ4n) is 5.71. The van der Waals surface area contributed by atoms with Crippen molar-refractivity contribution in [2.75, 3.05) is 13.2 Å². The second-order valence-electron chi connectivity index (χ2n) is 14.5. The summed E-state index contributed by atoms with van der Waals surface area (Å²) in [4.78, 5) is 42.9. The average Bonchev–Trinajstić information content (AvgIpc) is 3.18. The van der Waals surface area contributed by atoms with Crippen molar-refractivity contribution in [1.29, 1.82) is 0 Å². The standard InChI is InChI=1S/C47H79O9P/c1-3-5-7-9-11-13-15-17-18-19-20-21-22-24-26-28-30-32-36-41-47(50)56-45(43-55-57(51,52)53)42-54-46(49)40-37-33-35-39-44(48)38-34-31-29-27-25-23-16-14-12-10-8-6-4-2/h6,8,12,14,17-18,23,25,29,31,33-35,38,44-45,48H,3-5,7,9-11,13,15-16,19-22,24,26-28,30,32,36-37,39-43H2,1-2H3,(H2,51,52,53)/b8-6-,14-12-,18-17-,25-23-,31-29-,35-33-,38-34-/t44?,45-/m1/s1. The van der Waals surface area contributed by atoms with Gasteiger partial charge in [0.05, 0.1) is 12.7 Å². The number of rotatable bonds is 39. The van der Waals surface area contributed by atoms with Gasteiger partial charge in [-0.2, -0.15) is 0 Å². The first-order valence-corrected chi connectivity index (χ1v) is 23.5. The van der Waals surface area contributed by atoms with Crippen LogP contribution in [0.5, 0.6) is 0 Å². The predicted molar refractivity (Wildman–Crippen MR) is 236 cm³/mol. The summed E-state index contributed by atoms with van der Waals surface area (Å²) in [7, 11) is -4.80. The van der Waals surface area contributed by atoms with Crippen molar-refractivity contribution in [2.45, 2.75) is 187 Å². The van der Waals surface area contributed by atoms with Crippen molar-refractivity contribution in [2.24, 2.45) is 0 Å². The Morgan fingerprint density at radius 3 is 1.67 bits per heavy atom. The van der Waals surface area contributed by atoms with Crippen LogP contribution >= 0.6 is 7.82 Å². The normalized spacial score (nSPS) is 13.8. The zero-order valence-electron chi connectivity index (χ0n) is 35.6. The molecule has 0 saturated carbocycles. The van der Waals surface area contributed by atoms with E-state index in [1.165, 1.54) is 83.5 Å². The summed E-state index contributed by atoms with van der Waals surface area (Å²) in [5, 5.41) is 10.1. The molecule has 0 aliphatic heterocycles. The first-order valence-electron chi connectivity index (χ1n) is 22.0. The molecule has 0 aliphatic carbocycles. The van der Waals surface area contributed by atoms with E-state index in [1.807, 2.05) is 18.2 Å². The number of carbonyl (C=O) groups excluding carboxylic acids is 2. The molecule has 0 aliphatic rings. The van der Waals surface area contributed by atoms with E-state index in [0.29, 0.717) is 19.3 Å². The number of ether oxygens (including phenoxy) is 2. The van der Waals surface area contributed by atoms with Gasteiger partial charge < -0.3 is 24.4 Å². The average molecular weight is 819 g/mol. The van der Waals surface area contributed by atoms with Gasteiger partial charge >= 0.3 is 19.8 Å². The number of carbonyl (C=O) groups is 2. The van der Waals surface area contributed by atoms with Crippen LogP contribution in [0.15, 0.2) is 85.1 Å². The summed E-state index contributed by atoms with van der Waals surface area (Å²) in [5.41, 5.74) is 0. The van der Waals surface area contributed by atoms with Gasteiger partial charge in [-0.15, -0.1) is 0 Å². The fraction of sp³-hybridized carbons (Fsp3) is 0.660. The highest BCUT2D eigenvalue weighted by atomic mass is 31.2. The van der Waals surface area contributed by atoms with E-state index >= 15 is 0 Å². The fourth-order valence-corrected chi connectivity index (χ4v) is 6.07.